The molecule has 5 nitrogen and oxygen atoms in total. The van der Waals surface area contributed by atoms with E-state index in [1.165, 1.54) is 24.3 Å². The maximum Gasteiger partial charge on any atom is 0.265 e. The van der Waals surface area contributed by atoms with E-state index in [1.807, 2.05) is 10.8 Å². The van der Waals surface area contributed by atoms with E-state index in [2.05, 4.69) is 0 Å². The SMILES string of the molecule is N#CCc1ccc(S(=O)(=O)NCC(O)C(F)F)cc1. The van der Waals surface area contributed by atoms with E-state index >= 15 is 0 Å². The van der Waals surface area contributed by atoms with Crippen LogP contribution in [0.25, 0.3) is 0 Å². The number of nitrogens with one attached hydrogen (secondary N) is 1. The Morgan fingerprint density at radius 2 is 1.89 bits per heavy atom. The molecule has 0 aliphatic carbocycles. The van der Waals surface area contributed by atoms with E-state index in [9.17, 15) is 17.2 Å². The summed E-state index contributed by atoms with van der Waals surface area (Å²) in [6.07, 6.45) is -4.91. The fraction of sp³-hybridized carbons (Fsp3) is 0.364. The number of alkyl halides is 2. The minimum absolute atomic E-state index is 0.115. The van der Waals surface area contributed by atoms with Crippen LogP contribution in [0.1, 0.15) is 5.56 Å². The number of hydrogen-bond donors (Lipinski definition) is 2. The van der Waals surface area contributed by atoms with Gasteiger partial charge >= 0.3 is 0 Å². The fourth-order valence-corrected chi connectivity index (χ4v) is 2.30. The molecular weight excluding hydrogens is 278 g/mol. The van der Waals surface area contributed by atoms with Gasteiger partial charge in [0.05, 0.1) is 17.4 Å². The topological polar surface area (TPSA) is 90.2 Å². The summed E-state index contributed by atoms with van der Waals surface area (Å²) in [4.78, 5) is -0.115. The van der Waals surface area contributed by atoms with E-state index in [0.717, 1.165) is 0 Å². The van der Waals surface area contributed by atoms with Gasteiger partial charge < -0.3 is 5.11 Å². The molecule has 1 aromatic rings. The maximum absolute atomic E-state index is 12.0. The second kappa shape index (κ2) is 6.56. The molecule has 1 aromatic carbocycles. The van der Waals surface area contributed by atoms with Crippen molar-refractivity contribution in [3.63, 3.8) is 0 Å². The maximum atomic E-state index is 12.0. The van der Waals surface area contributed by atoms with Gasteiger partial charge in [0.25, 0.3) is 6.43 Å². The Morgan fingerprint density at radius 3 is 2.37 bits per heavy atom. The average Bonchev–Trinajstić information content (AvgIpc) is 2.37. The zero-order valence-electron chi connectivity index (χ0n) is 9.75. The molecule has 0 radical (unpaired) electrons. The lowest BCUT2D eigenvalue weighted by Gasteiger charge is -2.11. The fourth-order valence-electron chi connectivity index (χ4n) is 1.25. The van der Waals surface area contributed by atoms with Gasteiger partial charge in [-0.05, 0) is 17.7 Å². The Kier molecular flexibility index (Phi) is 5.35. The first kappa shape index (κ1) is 15.5. The largest absolute Gasteiger partial charge is 0.386 e. The first-order valence-electron chi connectivity index (χ1n) is 5.28. The van der Waals surface area contributed by atoms with Crippen LogP contribution in [0, 0.1) is 11.3 Å². The Labute approximate surface area is 109 Å². The summed E-state index contributed by atoms with van der Waals surface area (Å²) in [6, 6.07) is 7.37. The minimum atomic E-state index is -3.95. The molecule has 1 rings (SSSR count). The zero-order chi connectivity index (χ0) is 14.5. The molecule has 2 N–H and O–H groups in total. The summed E-state index contributed by atoms with van der Waals surface area (Å²) in [6.45, 7) is -0.764. The van der Waals surface area contributed by atoms with Crippen molar-refractivity contribution in [1.29, 1.82) is 5.26 Å². The highest BCUT2D eigenvalue weighted by atomic mass is 32.2. The van der Waals surface area contributed by atoms with Crippen LogP contribution in [0.5, 0.6) is 0 Å². The molecule has 1 atom stereocenters. The second-order valence-electron chi connectivity index (χ2n) is 3.73. The third-order valence-corrected chi connectivity index (χ3v) is 3.73. The number of nitriles is 1. The van der Waals surface area contributed by atoms with Gasteiger partial charge in [-0.2, -0.15) is 5.26 Å². The number of hydrogen-bond acceptors (Lipinski definition) is 4. The molecule has 0 aliphatic rings. The lowest BCUT2D eigenvalue weighted by Crippen LogP contribution is -2.35. The van der Waals surface area contributed by atoms with Crippen LogP contribution in [0.4, 0.5) is 8.78 Å². The second-order valence-corrected chi connectivity index (χ2v) is 5.50. The molecular formula is C11H12F2N2O3S. The Bertz CT molecular complexity index is 552. The van der Waals surface area contributed by atoms with Gasteiger partial charge in [0.15, 0.2) is 0 Å². The number of rotatable bonds is 6. The molecule has 0 saturated heterocycles. The zero-order valence-corrected chi connectivity index (χ0v) is 10.6. The predicted octanol–water partition coefficient (Wildman–Crippen LogP) is 0.657. The third kappa shape index (κ3) is 4.55. The van der Waals surface area contributed by atoms with Crippen molar-refractivity contribution in [3.05, 3.63) is 29.8 Å². The molecule has 0 aliphatic heterocycles. The predicted molar refractivity (Wildman–Crippen MR) is 63.0 cm³/mol. The van der Waals surface area contributed by atoms with Crippen LogP contribution in [-0.2, 0) is 16.4 Å². The number of aliphatic hydroxyl groups excluding tert-OH is 1. The summed E-state index contributed by atoms with van der Waals surface area (Å²) in [5.74, 6) is 0. The van der Waals surface area contributed by atoms with Gasteiger partial charge in [-0.1, -0.05) is 12.1 Å². The summed E-state index contributed by atoms with van der Waals surface area (Å²) in [5.41, 5.74) is 0.647. The van der Waals surface area contributed by atoms with Crippen molar-refractivity contribution in [2.75, 3.05) is 6.54 Å². The van der Waals surface area contributed by atoms with E-state index in [4.69, 9.17) is 10.4 Å². The van der Waals surface area contributed by atoms with Crippen molar-refractivity contribution < 1.29 is 22.3 Å². The molecule has 0 heterocycles. The van der Waals surface area contributed by atoms with Gasteiger partial charge in [-0.3, -0.25) is 0 Å². The average molecular weight is 290 g/mol. The molecule has 104 valence electrons. The molecule has 0 fully saturated rings. The molecule has 8 heteroatoms. The highest BCUT2D eigenvalue weighted by Gasteiger charge is 2.21. The smallest absolute Gasteiger partial charge is 0.265 e. The molecule has 0 bridgehead atoms. The van der Waals surface area contributed by atoms with E-state index in [1.54, 1.807) is 0 Å². The quantitative estimate of drug-likeness (QED) is 0.805. The first-order valence-corrected chi connectivity index (χ1v) is 6.77. The van der Waals surface area contributed by atoms with Crippen molar-refractivity contribution in [2.45, 2.75) is 23.8 Å². The minimum Gasteiger partial charge on any atom is -0.386 e. The van der Waals surface area contributed by atoms with Gasteiger partial charge in [-0.25, -0.2) is 21.9 Å². The molecule has 0 spiro atoms. The van der Waals surface area contributed by atoms with Crippen LogP contribution < -0.4 is 4.72 Å². The van der Waals surface area contributed by atoms with Gasteiger partial charge in [-0.15, -0.1) is 0 Å². The number of sulfonamides is 1. The van der Waals surface area contributed by atoms with Crippen molar-refractivity contribution in [1.82, 2.24) is 4.72 Å². The van der Waals surface area contributed by atoms with Crippen molar-refractivity contribution >= 4 is 10.0 Å². The first-order chi connectivity index (χ1) is 8.86. The summed E-state index contributed by atoms with van der Waals surface area (Å²) < 4.78 is 49.3. The van der Waals surface area contributed by atoms with E-state index in [0.29, 0.717) is 5.56 Å². The van der Waals surface area contributed by atoms with Gasteiger partial charge in [0, 0.05) is 6.54 Å². The van der Waals surface area contributed by atoms with E-state index in [-0.39, 0.29) is 11.3 Å². The van der Waals surface area contributed by atoms with Crippen LogP contribution >= 0.6 is 0 Å². The number of halogens is 2. The number of benzene rings is 1. The van der Waals surface area contributed by atoms with Crippen LogP contribution in [0.15, 0.2) is 29.2 Å². The number of aliphatic hydroxyl groups is 1. The molecule has 19 heavy (non-hydrogen) atoms. The van der Waals surface area contributed by atoms with Gasteiger partial charge in [0.1, 0.15) is 6.10 Å². The molecule has 0 aromatic heterocycles. The highest BCUT2D eigenvalue weighted by Crippen LogP contribution is 2.11. The lowest BCUT2D eigenvalue weighted by molar-refractivity contribution is -0.000451. The van der Waals surface area contributed by atoms with Crippen LogP contribution in [-0.4, -0.2) is 32.6 Å². The summed E-state index contributed by atoms with van der Waals surface area (Å²) >= 11 is 0. The normalized spacial score (nSPS) is 13.2. The Morgan fingerprint density at radius 1 is 1.32 bits per heavy atom. The van der Waals surface area contributed by atoms with Crippen molar-refractivity contribution in [3.8, 4) is 6.07 Å². The van der Waals surface area contributed by atoms with Crippen molar-refractivity contribution in [2.24, 2.45) is 0 Å². The Hall–Kier alpha value is -1.56. The molecule has 0 amide bonds. The lowest BCUT2D eigenvalue weighted by atomic mass is 10.2. The Balaban J connectivity index is 2.75. The third-order valence-electron chi connectivity index (χ3n) is 2.29. The molecule has 1 unspecified atom stereocenters. The standard InChI is InChI=1S/C11H12F2N2O3S/c12-11(13)10(16)7-15-19(17,18)9-3-1-8(2-4-9)5-6-14/h1-4,10-11,15-16H,5,7H2. The van der Waals surface area contributed by atoms with Gasteiger partial charge in [0.2, 0.25) is 10.0 Å². The van der Waals surface area contributed by atoms with E-state index < -0.39 is 29.1 Å². The van der Waals surface area contributed by atoms with Crippen LogP contribution in [0.3, 0.4) is 0 Å². The monoisotopic (exact) mass is 290 g/mol. The number of nitrogens with zero attached hydrogens (tertiary/aromatic N) is 1. The summed E-state index contributed by atoms with van der Waals surface area (Å²) in [5, 5.41) is 17.3. The molecule has 0 saturated carbocycles. The summed E-state index contributed by atoms with van der Waals surface area (Å²) in [7, 11) is -3.95. The highest BCUT2D eigenvalue weighted by molar-refractivity contribution is 7.89. The van der Waals surface area contributed by atoms with Crippen LogP contribution in [0.2, 0.25) is 0 Å².